The number of aliphatic hydroxyl groups excluding tert-OH is 1. The Morgan fingerprint density at radius 1 is 1.08 bits per heavy atom. The SMILES string of the molecule is Cc1cn(CCO)nc1[C@@H](C)c1cccc(-n2cc3c(C(F)(F)F)cc(CN4CCCCC4)cn3c2=O)c1. The van der Waals surface area contributed by atoms with Crippen LogP contribution in [0, 0.1) is 6.92 Å². The van der Waals surface area contributed by atoms with Crippen molar-refractivity contribution in [3.8, 4) is 5.69 Å². The van der Waals surface area contributed by atoms with Gasteiger partial charge in [0.05, 0.1) is 35.6 Å². The van der Waals surface area contributed by atoms with Gasteiger partial charge in [0.2, 0.25) is 0 Å². The lowest BCUT2D eigenvalue weighted by atomic mass is 9.95. The van der Waals surface area contributed by atoms with E-state index in [1.165, 1.54) is 16.8 Å². The Morgan fingerprint density at radius 3 is 2.55 bits per heavy atom. The largest absolute Gasteiger partial charge is 0.418 e. The first-order chi connectivity index (χ1) is 18.2. The Morgan fingerprint density at radius 2 is 1.84 bits per heavy atom. The van der Waals surface area contributed by atoms with E-state index in [-0.39, 0.29) is 18.0 Å². The molecule has 1 N–H and O–H groups in total. The highest BCUT2D eigenvalue weighted by atomic mass is 19.4. The van der Waals surface area contributed by atoms with Crippen LogP contribution in [0.3, 0.4) is 0 Å². The number of piperidine rings is 1. The van der Waals surface area contributed by atoms with Crippen molar-refractivity contribution < 1.29 is 18.3 Å². The molecule has 202 valence electrons. The lowest BCUT2D eigenvalue weighted by molar-refractivity contribution is -0.136. The standard InChI is InChI=1S/C28H32F3N5O2/c1-19-15-34(11-12-37)32-26(19)20(2)22-7-6-8-23(14-22)35-18-25-24(28(29,30)31)13-21(17-36(25)27(35)38)16-33-9-4-3-5-10-33/h6-8,13-15,17-18,20,37H,3-5,9-12,16H2,1-2H3/t20-/m0/s1. The summed E-state index contributed by atoms with van der Waals surface area (Å²) in [6.07, 6.45) is 3.29. The molecule has 4 aromatic rings. The summed E-state index contributed by atoms with van der Waals surface area (Å²) in [5, 5.41) is 13.8. The van der Waals surface area contributed by atoms with E-state index in [1.54, 1.807) is 23.0 Å². The van der Waals surface area contributed by atoms with Crippen LogP contribution in [-0.2, 0) is 19.3 Å². The van der Waals surface area contributed by atoms with Crippen LogP contribution in [0.15, 0.2) is 53.7 Å². The summed E-state index contributed by atoms with van der Waals surface area (Å²) in [5.74, 6) is -0.121. The van der Waals surface area contributed by atoms with Crippen molar-refractivity contribution in [2.75, 3.05) is 19.7 Å². The van der Waals surface area contributed by atoms with Crippen molar-refractivity contribution >= 4 is 5.52 Å². The van der Waals surface area contributed by atoms with Crippen LogP contribution in [0.1, 0.15) is 60.1 Å². The highest BCUT2D eigenvalue weighted by Crippen LogP contribution is 2.34. The second-order valence-electron chi connectivity index (χ2n) is 10.1. The molecule has 1 atom stereocenters. The smallest absolute Gasteiger partial charge is 0.394 e. The third kappa shape index (κ3) is 5.15. The molecule has 5 rings (SSSR count). The van der Waals surface area contributed by atoms with Gasteiger partial charge in [-0.2, -0.15) is 18.3 Å². The van der Waals surface area contributed by atoms with Crippen LogP contribution in [-0.4, -0.2) is 48.5 Å². The maximum atomic E-state index is 14.1. The highest BCUT2D eigenvalue weighted by Gasteiger charge is 2.34. The van der Waals surface area contributed by atoms with Gasteiger partial charge in [-0.25, -0.2) is 4.79 Å². The molecule has 0 spiro atoms. The minimum Gasteiger partial charge on any atom is -0.394 e. The zero-order valence-electron chi connectivity index (χ0n) is 21.6. The first-order valence-corrected chi connectivity index (χ1v) is 13.0. The normalized spacial score (nSPS) is 15.8. The van der Waals surface area contributed by atoms with Gasteiger partial charge in [-0.05, 0) is 67.7 Å². The molecule has 0 saturated carbocycles. The van der Waals surface area contributed by atoms with Crippen molar-refractivity contribution in [2.45, 2.75) is 58.3 Å². The fourth-order valence-electron chi connectivity index (χ4n) is 5.40. The Balaban J connectivity index is 1.55. The number of aromatic nitrogens is 4. The second-order valence-corrected chi connectivity index (χ2v) is 10.1. The molecule has 3 aromatic heterocycles. The maximum absolute atomic E-state index is 14.1. The Bertz CT molecular complexity index is 1490. The molecule has 4 heterocycles. The molecule has 1 saturated heterocycles. The number of nitrogens with zero attached hydrogens (tertiary/aromatic N) is 5. The van der Waals surface area contributed by atoms with Crippen LogP contribution < -0.4 is 5.69 Å². The van der Waals surface area contributed by atoms with Crippen LogP contribution >= 0.6 is 0 Å². The van der Waals surface area contributed by atoms with Crippen LogP contribution in [0.4, 0.5) is 13.2 Å². The fraction of sp³-hybridized carbons (Fsp3) is 0.429. The molecule has 0 radical (unpaired) electrons. The van der Waals surface area contributed by atoms with E-state index in [0.29, 0.717) is 24.3 Å². The molecule has 38 heavy (non-hydrogen) atoms. The summed E-state index contributed by atoms with van der Waals surface area (Å²) in [4.78, 5) is 15.6. The molecular weight excluding hydrogens is 495 g/mol. The molecule has 10 heteroatoms. The summed E-state index contributed by atoms with van der Waals surface area (Å²) < 4.78 is 46.4. The van der Waals surface area contributed by atoms with Crippen molar-refractivity contribution in [2.24, 2.45) is 0 Å². The van der Waals surface area contributed by atoms with E-state index in [4.69, 9.17) is 0 Å². The van der Waals surface area contributed by atoms with Crippen molar-refractivity contribution in [3.63, 3.8) is 0 Å². The molecule has 0 aliphatic carbocycles. The number of imidazole rings is 1. The summed E-state index contributed by atoms with van der Waals surface area (Å²) in [7, 11) is 0. The predicted octanol–water partition coefficient (Wildman–Crippen LogP) is 4.74. The number of rotatable bonds is 7. The van der Waals surface area contributed by atoms with Crippen molar-refractivity contribution in [1.29, 1.82) is 0 Å². The van der Waals surface area contributed by atoms with E-state index in [2.05, 4.69) is 10.00 Å². The minimum atomic E-state index is -4.59. The van der Waals surface area contributed by atoms with Gasteiger partial charge in [-0.1, -0.05) is 25.5 Å². The van der Waals surface area contributed by atoms with Gasteiger partial charge in [0.25, 0.3) is 0 Å². The third-order valence-corrected chi connectivity index (χ3v) is 7.35. The topological polar surface area (TPSA) is 67.7 Å². The van der Waals surface area contributed by atoms with Crippen LogP contribution in [0.2, 0.25) is 0 Å². The van der Waals surface area contributed by atoms with Gasteiger partial charge in [0.15, 0.2) is 0 Å². The summed E-state index contributed by atoms with van der Waals surface area (Å²) in [5.41, 5.74) is 2.14. The maximum Gasteiger partial charge on any atom is 0.418 e. The van der Waals surface area contributed by atoms with E-state index >= 15 is 0 Å². The number of alkyl halides is 3. The molecule has 0 unspecified atom stereocenters. The van der Waals surface area contributed by atoms with E-state index < -0.39 is 17.4 Å². The molecule has 0 amide bonds. The van der Waals surface area contributed by atoms with Gasteiger partial charge in [-0.15, -0.1) is 0 Å². The zero-order chi connectivity index (χ0) is 27.0. The fourth-order valence-corrected chi connectivity index (χ4v) is 5.40. The number of pyridine rings is 1. The van der Waals surface area contributed by atoms with Gasteiger partial charge in [-0.3, -0.25) is 18.5 Å². The van der Waals surface area contributed by atoms with E-state index in [1.807, 2.05) is 32.2 Å². The zero-order valence-corrected chi connectivity index (χ0v) is 21.6. The highest BCUT2D eigenvalue weighted by molar-refractivity contribution is 5.58. The second kappa shape index (κ2) is 10.4. The average Bonchev–Trinajstić information content (AvgIpc) is 3.42. The lowest BCUT2D eigenvalue weighted by Gasteiger charge is -2.26. The lowest BCUT2D eigenvalue weighted by Crippen LogP contribution is -2.29. The molecule has 1 aliphatic heterocycles. The number of halogens is 3. The van der Waals surface area contributed by atoms with Crippen LogP contribution in [0.25, 0.3) is 11.2 Å². The summed E-state index contributed by atoms with van der Waals surface area (Å²) >= 11 is 0. The predicted molar refractivity (Wildman–Crippen MR) is 139 cm³/mol. The molecule has 1 aromatic carbocycles. The van der Waals surface area contributed by atoms with E-state index in [0.717, 1.165) is 53.6 Å². The number of hydrogen-bond acceptors (Lipinski definition) is 4. The van der Waals surface area contributed by atoms with Crippen LogP contribution in [0.5, 0.6) is 0 Å². The monoisotopic (exact) mass is 527 g/mol. The Labute approximate surface area is 218 Å². The number of fused-ring (bicyclic) bond motifs is 1. The quantitative estimate of drug-likeness (QED) is 0.377. The molecule has 1 aliphatic rings. The molecule has 0 bridgehead atoms. The molecule has 1 fully saturated rings. The first kappa shape index (κ1) is 26.2. The summed E-state index contributed by atoms with van der Waals surface area (Å²) in [6, 6.07) is 8.42. The number of aryl methyl sites for hydroxylation is 1. The first-order valence-electron chi connectivity index (χ1n) is 13.0. The van der Waals surface area contributed by atoms with Gasteiger partial charge < -0.3 is 5.11 Å². The molecule has 7 nitrogen and oxygen atoms in total. The van der Waals surface area contributed by atoms with Crippen molar-refractivity contribution in [3.05, 3.63) is 87.4 Å². The van der Waals surface area contributed by atoms with Gasteiger partial charge >= 0.3 is 11.9 Å². The summed E-state index contributed by atoms with van der Waals surface area (Å²) in [6.45, 7) is 6.38. The minimum absolute atomic E-state index is 0.0186. The average molecular weight is 528 g/mol. The van der Waals surface area contributed by atoms with Gasteiger partial charge in [0, 0.05) is 31.1 Å². The Kier molecular flexibility index (Phi) is 7.19. The van der Waals surface area contributed by atoms with Gasteiger partial charge in [0.1, 0.15) is 0 Å². The Hall–Kier alpha value is -3.37. The number of hydrogen-bond donors (Lipinski definition) is 1. The number of likely N-dealkylation sites (tertiary alicyclic amines) is 1. The van der Waals surface area contributed by atoms with E-state index in [9.17, 15) is 23.1 Å². The third-order valence-electron chi connectivity index (χ3n) is 7.35. The van der Waals surface area contributed by atoms with Crippen molar-refractivity contribution in [1.82, 2.24) is 23.6 Å². The number of aliphatic hydroxyl groups is 1. The molecular formula is C28H32F3N5O2. The number of benzene rings is 1.